The third-order valence-electron chi connectivity index (χ3n) is 3.04. The molecular formula is C13H15F3N2O2. The summed E-state index contributed by atoms with van der Waals surface area (Å²) in [5.74, 6) is -0.425. The second kappa shape index (κ2) is 6.13. The molecular weight excluding hydrogens is 273 g/mol. The van der Waals surface area contributed by atoms with Crippen LogP contribution in [0.2, 0.25) is 0 Å². The third-order valence-corrected chi connectivity index (χ3v) is 3.04. The van der Waals surface area contributed by atoms with E-state index in [1.54, 1.807) is 0 Å². The molecule has 1 saturated heterocycles. The number of carbonyl (C=O) groups is 1. The molecule has 0 aromatic heterocycles. The van der Waals surface area contributed by atoms with Crippen LogP contribution < -0.4 is 15.4 Å². The number of hydrogen-bond donors (Lipinski definition) is 2. The van der Waals surface area contributed by atoms with Gasteiger partial charge < -0.3 is 15.4 Å². The molecule has 1 aromatic rings. The molecule has 1 aromatic carbocycles. The lowest BCUT2D eigenvalue weighted by atomic mass is 10.1. The molecule has 0 saturated carbocycles. The topological polar surface area (TPSA) is 50.4 Å². The first-order valence-corrected chi connectivity index (χ1v) is 6.29. The Hall–Kier alpha value is -1.76. The van der Waals surface area contributed by atoms with E-state index in [0.717, 1.165) is 31.6 Å². The first-order chi connectivity index (χ1) is 9.44. The molecule has 110 valence electrons. The molecule has 0 radical (unpaired) electrons. The molecule has 7 heteroatoms. The van der Waals surface area contributed by atoms with Crippen molar-refractivity contribution in [3.63, 3.8) is 0 Å². The van der Waals surface area contributed by atoms with Gasteiger partial charge in [-0.15, -0.1) is 13.2 Å². The largest absolute Gasteiger partial charge is 0.573 e. The Labute approximate surface area is 114 Å². The molecule has 1 aliphatic rings. The number of amides is 1. The van der Waals surface area contributed by atoms with Gasteiger partial charge in [0.25, 0.3) is 5.91 Å². The Balaban J connectivity index is 1.93. The van der Waals surface area contributed by atoms with E-state index < -0.39 is 18.0 Å². The normalized spacial score (nSPS) is 18.9. The molecule has 0 aliphatic carbocycles. The number of nitrogens with one attached hydrogen (secondary N) is 2. The Morgan fingerprint density at radius 3 is 2.90 bits per heavy atom. The van der Waals surface area contributed by atoms with Gasteiger partial charge in [-0.2, -0.15) is 0 Å². The lowest BCUT2D eigenvalue weighted by Gasteiger charge is -2.12. The van der Waals surface area contributed by atoms with Crippen molar-refractivity contribution in [2.45, 2.75) is 12.8 Å². The Bertz CT molecular complexity index is 471. The van der Waals surface area contributed by atoms with Gasteiger partial charge in [0.15, 0.2) is 0 Å². The molecule has 1 fully saturated rings. The van der Waals surface area contributed by atoms with Gasteiger partial charge in [-0.05, 0) is 43.6 Å². The van der Waals surface area contributed by atoms with Gasteiger partial charge in [-0.3, -0.25) is 4.79 Å². The molecule has 4 nitrogen and oxygen atoms in total. The fourth-order valence-electron chi connectivity index (χ4n) is 2.06. The van der Waals surface area contributed by atoms with Crippen molar-refractivity contribution in [2.75, 3.05) is 19.6 Å². The molecule has 1 aliphatic heterocycles. The highest BCUT2D eigenvalue weighted by atomic mass is 19.4. The van der Waals surface area contributed by atoms with Gasteiger partial charge in [0, 0.05) is 12.1 Å². The van der Waals surface area contributed by atoms with E-state index in [1.807, 2.05) is 0 Å². The standard InChI is InChI=1S/C13H15F3N2O2/c14-13(15,16)20-11-3-1-2-10(6-11)12(19)18-8-9-4-5-17-7-9/h1-3,6,9,17H,4-5,7-8H2,(H,18,19). The summed E-state index contributed by atoms with van der Waals surface area (Å²) < 4.78 is 40.1. The smallest absolute Gasteiger partial charge is 0.406 e. The van der Waals surface area contributed by atoms with Crippen molar-refractivity contribution in [3.05, 3.63) is 29.8 Å². The van der Waals surface area contributed by atoms with Crippen LogP contribution in [0.25, 0.3) is 0 Å². The van der Waals surface area contributed by atoms with Crippen LogP contribution in [-0.2, 0) is 0 Å². The highest BCUT2D eigenvalue weighted by Gasteiger charge is 2.31. The van der Waals surface area contributed by atoms with Crippen LogP contribution in [0, 0.1) is 5.92 Å². The van der Waals surface area contributed by atoms with Crippen molar-refractivity contribution in [2.24, 2.45) is 5.92 Å². The molecule has 0 spiro atoms. The monoisotopic (exact) mass is 288 g/mol. The predicted octanol–water partition coefficient (Wildman–Crippen LogP) is 1.92. The molecule has 20 heavy (non-hydrogen) atoms. The molecule has 2 N–H and O–H groups in total. The summed E-state index contributed by atoms with van der Waals surface area (Å²) in [6.45, 7) is 2.28. The maximum atomic E-state index is 12.1. The Morgan fingerprint density at radius 1 is 1.45 bits per heavy atom. The molecule has 0 bridgehead atoms. The fourth-order valence-corrected chi connectivity index (χ4v) is 2.06. The van der Waals surface area contributed by atoms with Crippen LogP contribution in [0.4, 0.5) is 13.2 Å². The van der Waals surface area contributed by atoms with Crippen LogP contribution in [-0.4, -0.2) is 31.9 Å². The Morgan fingerprint density at radius 2 is 2.25 bits per heavy atom. The summed E-state index contributed by atoms with van der Waals surface area (Å²) >= 11 is 0. The van der Waals surface area contributed by atoms with E-state index in [0.29, 0.717) is 12.5 Å². The average Bonchev–Trinajstić information content (AvgIpc) is 2.87. The lowest BCUT2D eigenvalue weighted by molar-refractivity contribution is -0.274. The number of hydrogen-bond acceptors (Lipinski definition) is 3. The summed E-state index contributed by atoms with van der Waals surface area (Å²) in [6.07, 6.45) is -3.78. The van der Waals surface area contributed by atoms with E-state index in [2.05, 4.69) is 15.4 Å². The fraction of sp³-hybridized carbons (Fsp3) is 0.462. The number of halogens is 3. The zero-order valence-electron chi connectivity index (χ0n) is 10.7. The zero-order chi connectivity index (χ0) is 14.6. The first-order valence-electron chi connectivity index (χ1n) is 6.29. The van der Waals surface area contributed by atoms with Gasteiger partial charge in [0.2, 0.25) is 0 Å². The van der Waals surface area contributed by atoms with Crippen LogP contribution in [0.15, 0.2) is 24.3 Å². The molecule has 1 atom stereocenters. The SMILES string of the molecule is O=C(NCC1CCNC1)c1cccc(OC(F)(F)F)c1. The van der Waals surface area contributed by atoms with Crippen molar-refractivity contribution in [1.29, 1.82) is 0 Å². The minimum absolute atomic E-state index is 0.151. The predicted molar refractivity (Wildman–Crippen MR) is 66.4 cm³/mol. The van der Waals surface area contributed by atoms with Gasteiger partial charge in [-0.25, -0.2) is 0 Å². The summed E-state index contributed by atoms with van der Waals surface area (Å²) in [5.41, 5.74) is 0.151. The van der Waals surface area contributed by atoms with Gasteiger partial charge in [0.05, 0.1) is 0 Å². The summed E-state index contributed by atoms with van der Waals surface area (Å²) in [6, 6.07) is 5.04. The van der Waals surface area contributed by atoms with Crippen molar-refractivity contribution < 1.29 is 22.7 Å². The number of alkyl halides is 3. The minimum atomic E-state index is -4.76. The zero-order valence-corrected chi connectivity index (χ0v) is 10.7. The number of rotatable bonds is 4. The van der Waals surface area contributed by atoms with E-state index in [-0.39, 0.29) is 5.56 Å². The maximum absolute atomic E-state index is 12.1. The third kappa shape index (κ3) is 4.41. The second-order valence-electron chi connectivity index (χ2n) is 4.64. The van der Waals surface area contributed by atoms with Crippen molar-refractivity contribution in [1.82, 2.24) is 10.6 Å². The highest BCUT2D eigenvalue weighted by Crippen LogP contribution is 2.23. The number of carbonyl (C=O) groups excluding carboxylic acids is 1. The van der Waals surface area contributed by atoms with Gasteiger partial charge in [-0.1, -0.05) is 6.07 Å². The van der Waals surface area contributed by atoms with Crippen molar-refractivity contribution in [3.8, 4) is 5.75 Å². The lowest BCUT2D eigenvalue weighted by Crippen LogP contribution is -2.30. The Kier molecular flexibility index (Phi) is 4.49. The van der Waals surface area contributed by atoms with Crippen LogP contribution in [0.1, 0.15) is 16.8 Å². The van der Waals surface area contributed by atoms with E-state index in [4.69, 9.17) is 0 Å². The molecule has 1 amide bonds. The van der Waals surface area contributed by atoms with Gasteiger partial charge in [0.1, 0.15) is 5.75 Å². The molecule has 1 unspecified atom stereocenters. The first kappa shape index (κ1) is 14.6. The number of benzene rings is 1. The van der Waals surface area contributed by atoms with E-state index >= 15 is 0 Å². The molecule has 2 rings (SSSR count). The summed E-state index contributed by atoms with van der Waals surface area (Å²) in [4.78, 5) is 11.9. The summed E-state index contributed by atoms with van der Waals surface area (Å²) in [5, 5.41) is 5.89. The summed E-state index contributed by atoms with van der Waals surface area (Å²) in [7, 11) is 0. The van der Waals surface area contributed by atoms with Gasteiger partial charge >= 0.3 is 6.36 Å². The van der Waals surface area contributed by atoms with E-state index in [1.165, 1.54) is 12.1 Å². The van der Waals surface area contributed by atoms with Crippen LogP contribution in [0.5, 0.6) is 5.75 Å². The average molecular weight is 288 g/mol. The highest BCUT2D eigenvalue weighted by molar-refractivity contribution is 5.94. The van der Waals surface area contributed by atoms with Crippen molar-refractivity contribution >= 4 is 5.91 Å². The number of ether oxygens (including phenoxy) is 1. The maximum Gasteiger partial charge on any atom is 0.573 e. The molecule has 1 heterocycles. The van der Waals surface area contributed by atoms with Crippen LogP contribution in [0.3, 0.4) is 0 Å². The van der Waals surface area contributed by atoms with E-state index in [9.17, 15) is 18.0 Å². The second-order valence-corrected chi connectivity index (χ2v) is 4.64. The minimum Gasteiger partial charge on any atom is -0.406 e. The van der Waals surface area contributed by atoms with Crippen LogP contribution >= 0.6 is 0 Å². The quantitative estimate of drug-likeness (QED) is 0.890.